The lowest BCUT2D eigenvalue weighted by Gasteiger charge is -2.32. The van der Waals surface area contributed by atoms with Crippen LogP contribution in [0.1, 0.15) is 55.8 Å². The van der Waals surface area contributed by atoms with Gasteiger partial charge in [-0.25, -0.2) is 8.42 Å². The van der Waals surface area contributed by atoms with Gasteiger partial charge in [-0.15, -0.1) is 0 Å². The number of hydrogen-bond acceptors (Lipinski definition) is 6. The van der Waals surface area contributed by atoms with Crippen LogP contribution in [0.5, 0.6) is 0 Å². The van der Waals surface area contributed by atoms with Gasteiger partial charge in [-0.2, -0.15) is 4.31 Å². The van der Waals surface area contributed by atoms with Crippen molar-refractivity contribution in [2.45, 2.75) is 50.3 Å². The van der Waals surface area contributed by atoms with E-state index >= 15 is 0 Å². The van der Waals surface area contributed by atoms with E-state index in [1.54, 1.807) is 11.8 Å². The fraction of sp³-hybridized carbons (Fsp3) is 0.625. The third-order valence-corrected chi connectivity index (χ3v) is 8.33. The Morgan fingerprint density at radius 1 is 1.00 bits per heavy atom. The summed E-state index contributed by atoms with van der Waals surface area (Å²) >= 11 is 0. The van der Waals surface area contributed by atoms with Crippen molar-refractivity contribution in [3.63, 3.8) is 0 Å². The van der Waals surface area contributed by atoms with E-state index in [-0.39, 0.29) is 35.1 Å². The Hall–Kier alpha value is -2.46. The fourth-order valence-electron chi connectivity index (χ4n) is 4.45. The topological polar surface area (TPSA) is 104 Å². The number of carbonyl (C=O) groups excluding carboxylic acids is 3. The zero-order chi connectivity index (χ0) is 24.7. The maximum absolute atomic E-state index is 12.9. The molecule has 2 amide bonds. The third-order valence-electron chi connectivity index (χ3n) is 6.42. The highest BCUT2D eigenvalue weighted by atomic mass is 32.2. The first-order valence-electron chi connectivity index (χ1n) is 12.0. The van der Waals surface area contributed by atoms with Gasteiger partial charge in [0.2, 0.25) is 15.9 Å². The summed E-state index contributed by atoms with van der Waals surface area (Å²) in [5, 5.41) is 0. The van der Waals surface area contributed by atoms with Crippen molar-refractivity contribution in [1.29, 1.82) is 0 Å². The number of ether oxygens (including phenoxy) is 1. The molecule has 1 aromatic carbocycles. The molecule has 0 spiro atoms. The van der Waals surface area contributed by atoms with Crippen LogP contribution in [0.3, 0.4) is 0 Å². The number of sulfonamides is 1. The Kier molecular flexibility index (Phi) is 9.07. The second kappa shape index (κ2) is 11.8. The number of likely N-dealkylation sites (N-methyl/N-ethyl adjacent to an activating group) is 1. The number of rotatable bonds is 7. The SMILES string of the molecule is CCOC(=O)C1CCCN(C(=O)CN(C)C(=O)c2ccc(S(=O)(=O)N3CCCCCC3)cc2)C1. The predicted molar refractivity (Wildman–Crippen MR) is 127 cm³/mol. The summed E-state index contributed by atoms with van der Waals surface area (Å²) in [6.45, 7) is 3.80. The molecule has 2 aliphatic heterocycles. The monoisotopic (exact) mass is 493 g/mol. The van der Waals surface area contributed by atoms with Gasteiger partial charge in [0.25, 0.3) is 5.91 Å². The van der Waals surface area contributed by atoms with Gasteiger partial charge >= 0.3 is 5.97 Å². The number of carbonyl (C=O) groups is 3. The minimum absolute atomic E-state index is 0.123. The van der Waals surface area contributed by atoms with Crippen LogP contribution in [-0.4, -0.2) is 86.7 Å². The highest BCUT2D eigenvalue weighted by Crippen LogP contribution is 2.21. The molecular formula is C24H35N3O6S. The van der Waals surface area contributed by atoms with Crippen molar-refractivity contribution in [3.05, 3.63) is 29.8 Å². The van der Waals surface area contributed by atoms with Crippen LogP contribution in [0, 0.1) is 5.92 Å². The summed E-state index contributed by atoms with van der Waals surface area (Å²) < 4.78 is 32.5. The molecule has 1 atom stereocenters. The maximum Gasteiger partial charge on any atom is 0.310 e. The average molecular weight is 494 g/mol. The Bertz CT molecular complexity index is 971. The number of nitrogens with zero attached hydrogens (tertiary/aromatic N) is 3. The molecule has 9 nitrogen and oxygen atoms in total. The van der Waals surface area contributed by atoms with Crippen molar-refractivity contribution in [2.24, 2.45) is 5.92 Å². The Morgan fingerprint density at radius 3 is 2.26 bits per heavy atom. The molecule has 1 aromatic rings. The standard InChI is InChI=1S/C24H35N3O6S/c1-3-33-24(30)20-9-8-14-26(17-20)22(28)18-25(2)23(29)19-10-12-21(13-11-19)34(31,32)27-15-6-4-5-7-16-27/h10-13,20H,3-9,14-18H2,1-2H3. The number of hydrogen-bond donors (Lipinski definition) is 0. The van der Waals surface area contributed by atoms with Crippen molar-refractivity contribution in [1.82, 2.24) is 14.1 Å². The van der Waals surface area contributed by atoms with Gasteiger partial charge in [0.1, 0.15) is 0 Å². The largest absolute Gasteiger partial charge is 0.466 e. The molecule has 0 bridgehead atoms. The second-order valence-corrected chi connectivity index (χ2v) is 10.9. The second-order valence-electron chi connectivity index (χ2n) is 8.93. The zero-order valence-electron chi connectivity index (χ0n) is 20.1. The summed E-state index contributed by atoms with van der Waals surface area (Å²) in [5.74, 6) is -1.23. The minimum atomic E-state index is -3.59. The zero-order valence-corrected chi connectivity index (χ0v) is 20.9. The van der Waals surface area contributed by atoms with Crippen LogP contribution in [0.4, 0.5) is 0 Å². The molecule has 0 aromatic heterocycles. The third kappa shape index (κ3) is 6.35. The van der Waals surface area contributed by atoms with Crippen molar-refractivity contribution in [3.8, 4) is 0 Å². The van der Waals surface area contributed by atoms with E-state index in [1.807, 2.05) is 0 Å². The average Bonchev–Trinajstić information content (AvgIpc) is 3.14. The van der Waals surface area contributed by atoms with E-state index in [2.05, 4.69) is 0 Å². The summed E-state index contributed by atoms with van der Waals surface area (Å²) in [6.07, 6.45) is 5.17. The van der Waals surface area contributed by atoms with Crippen LogP contribution in [0.15, 0.2) is 29.2 Å². The van der Waals surface area contributed by atoms with E-state index in [0.717, 1.165) is 25.7 Å². The van der Waals surface area contributed by atoms with Gasteiger partial charge in [-0.3, -0.25) is 14.4 Å². The number of benzene rings is 1. The molecule has 2 fully saturated rings. The van der Waals surface area contributed by atoms with Gasteiger partial charge in [0, 0.05) is 38.8 Å². The van der Waals surface area contributed by atoms with Gasteiger partial charge in [0.05, 0.1) is 24.0 Å². The normalized spacial score (nSPS) is 19.8. The predicted octanol–water partition coefficient (Wildman–Crippen LogP) is 2.13. The number of likely N-dealkylation sites (tertiary alicyclic amines) is 1. The van der Waals surface area contributed by atoms with Crippen molar-refractivity contribution < 1.29 is 27.5 Å². The van der Waals surface area contributed by atoms with E-state index in [9.17, 15) is 22.8 Å². The fourth-order valence-corrected chi connectivity index (χ4v) is 5.97. The lowest BCUT2D eigenvalue weighted by atomic mass is 9.98. The number of piperidine rings is 1. The first-order valence-corrected chi connectivity index (χ1v) is 13.5. The summed E-state index contributed by atoms with van der Waals surface area (Å²) in [5.41, 5.74) is 0.313. The van der Waals surface area contributed by atoms with E-state index in [1.165, 1.54) is 40.5 Å². The van der Waals surface area contributed by atoms with Crippen LogP contribution >= 0.6 is 0 Å². The molecular weight excluding hydrogens is 458 g/mol. The Labute approximate surface area is 202 Å². The van der Waals surface area contributed by atoms with E-state index in [0.29, 0.717) is 51.2 Å². The Balaban J connectivity index is 1.60. The van der Waals surface area contributed by atoms with Gasteiger partial charge in [-0.05, 0) is 56.9 Å². The van der Waals surface area contributed by atoms with Gasteiger partial charge in [0.15, 0.2) is 0 Å². The molecule has 2 saturated heterocycles. The molecule has 2 heterocycles. The van der Waals surface area contributed by atoms with Crippen LogP contribution in [-0.2, 0) is 24.3 Å². The van der Waals surface area contributed by atoms with Gasteiger partial charge in [-0.1, -0.05) is 12.8 Å². The van der Waals surface area contributed by atoms with Crippen molar-refractivity contribution >= 4 is 27.8 Å². The molecule has 0 saturated carbocycles. The quantitative estimate of drug-likeness (QED) is 0.539. The molecule has 188 valence electrons. The van der Waals surface area contributed by atoms with Crippen LogP contribution in [0.2, 0.25) is 0 Å². The van der Waals surface area contributed by atoms with E-state index < -0.39 is 10.0 Å². The lowest BCUT2D eigenvalue weighted by molar-refractivity contribution is -0.151. The molecule has 2 aliphatic rings. The lowest BCUT2D eigenvalue weighted by Crippen LogP contribution is -2.47. The smallest absolute Gasteiger partial charge is 0.310 e. The molecule has 34 heavy (non-hydrogen) atoms. The summed E-state index contributed by atoms with van der Waals surface area (Å²) in [7, 11) is -2.05. The first-order chi connectivity index (χ1) is 16.2. The van der Waals surface area contributed by atoms with E-state index in [4.69, 9.17) is 4.74 Å². The summed E-state index contributed by atoms with van der Waals surface area (Å²) in [6, 6.07) is 5.90. The summed E-state index contributed by atoms with van der Waals surface area (Å²) in [4.78, 5) is 40.7. The molecule has 0 radical (unpaired) electrons. The minimum Gasteiger partial charge on any atom is -0.466 e. The highest BCUT2D eigenvalue weighted by Gasteiger charge is 2.30. The number of amides is 2. The number of esters is 1. The molecule has 0 N–H and O–H groups in total. The van der Waals surface area contributed by atoms with Crippen LogP contribution < -0.4 is 0 Å². The first kappa shape index (κ1) is 26.2. The van der Waals surface area contributed by atoms with Gasteiger partial charge < -0.3 is 14.5 Å². The molecule has 1 unspecified atom stereocenters. The van der Waals surface area contributed by atoms with Crippen LogP contribution in [0.25, 0.3) is 0 Å². The molecule has 3 rings (SSSR count). The molecule has 10 heteroatoms. The molecule has 0 aliphatic carbocycles. The maximum atomic E-state index is 12.9. The van der Waals surface area contributed by atoms with Crippen molar-refractivity contribution in [2.75, 3.05) is 46.4 Å². The highest BCUT2D eigenvalue weighted by molar-refractivity contribution is 7.89. The Morgan fingerprint density at radius 2 is 1.65 bits per heavy atom.